The van der Waals surface area contributed by atoms with E-state index < -0.39 is 6.10 Å². The molecule has 6 heteroatoms. The van der Waals surface area contributed by atoms with E-state index in [1.807, 2.05) is 0 Å². The molecule has 0 unspecified atom stereocenters. The van der Waals surface area contributed by atoms with Gasteiger partial charge in [0.25, 0.3) is 5.91 Å². The minimum Gasteiger partial charge on any atom is -0.489 e. The molecule has 2 aliphatic rings. The van der Waals surface area contributed by atoms with Crippen LogP contribution >= 0.6 is 11.6 Å². The zero-order valence-corrected chi connectivity index (χ0v) is 16.6. The highest BCUT2D eigenvalue weighted by Crippen LogP contribution is 2.30. The van der Waals surface area contributed by atoms with Gasteiger partial charge in [0.2, 0.25) is 0 Å². The fourth-order valence-corrected chi connectivity index (χ4v) is 3.79. The molecule has 5 nitrogen and oxygen atoms in total. The minimum atomic E-state index is -0.402. The first-order valence-corrected chi connectivity index (χ1v) is 9.75. The third kappa shape index (κ3) is 4.90. The number of hydrogen-bond donors (Lipinski definition) is 1. The van der Waals surface area contributed by atoms with E-state index in [2.05, 4.69) is 25.7 Å². The first kappa shape index (κ1) is 19.5. The van der Waals surface area contributed by atoms with Crippen LogP contribution in [0.25, 0.3) is 0 Å². The molecule has 2 heterocycles. The van der Waals surface area contributed by atoms with Crippen molar-refractivity contribution in [3.05, 3.63) is 28.8 Å². The van der Waals surface area contributed by atoms with Gasteiger partial charge in [-0.3, -0.25) is 4.79 Å². The van der Waals surface area contributed by atoms with Crippen molar-refractivity contribution < 1.29 is 14.6 Å². The molecule has 3 rings (SSSR count). The Bertz CT molecular complexity index is 645. The lowest BCUT2D eigenvalue weighted by Gasteiger charge is -2.36. The lowest BCUT2D eigenvalue weighted by Crippen LogP contribution is -2.53. The number of β-amino-alcohol motifs (C(OH)–C–C–N with tert-alkyl or cyclic N) is 1. The maximum Gasteiger partial charge on any atom is 0.254 e. The van der Waals surface area contributed by atoms with Crippen LogP contribution in [0.4, 0.5) is 0 Å². The second-order valence-corrected chi connectivity index (χ2v) is 9.07. The summed E-state index contributed by atoms with van der Waals surface area (Å²) < 4.78 is 6.09. The van der Waals surface area contributed by atoms with Gasteiger partial charge in [-0.05, 0) is 36.5 Å². The number of aliphatic hydroxyl groups excluding tert-OH is 1. The molecule has 1 N–H and O–H groups in total. The normalized spacial score (nSPS) is 20.1. The quantitative estimate of drug-likeness (QED) is 0.872. The number of halogens is 1. The zero-order valence-electron chi connectivity index (χ0n) is 15.9. The molecular formula is C20H29ClN2O3. The molecule has 2 saturated heterocycles. The highest BCUT2D eigenvalue weighted by atomic mass is 35.5. The van der Waals surface area contributed by atoms with Crippen molar-refractivity contribution in [2.24, 2.45) is 5.41 Å². The maximum absolute atomic E-state index is 12.3. The smallest absolute Gasteiger partial charge is 0.254 e. The standard InChI is InChI=1S/C20H29ClN2O3/c1-20(2,3)13-22-8-6-16(7-9-22)26-18-5-4-14(10-17(18)21)19(25)23-11-15(24)12-23/h4-5,10,15-16,24H,6-9,11-13H2,1-3H3. The summed E-state index contributed by atoms with van der Waals surface area (Å²) in [6, 6.07) is 5.20. The molecule has 0 spiro atoms. The van der Waals surface area contributed by atoms with Crippen LogP contribution in [0.3, 0.4) is 0 Å². The first-order valence-electron chi connectivity index (χ1n) is 9.37. The highest BCUT2D eigenvalue weighted by molar-refractivity contribution is 6.32. The van der Waals surface area contributed by atoms with Crippen LogP contribution in [0.5, 0.6) is 5.75 Å². The SMILES string of the molecule is CC(C)(C)CN1CCC(Oc2ccc(C(=O)N3CC(O)C3)cc2Cl)CC1. The van der Waals surface area contributed by atoms with Crippen LogP contribution in [-0.2, 0) is 0 Å². The van der Waals surface area contributed by atoms with Crippen molar-refractivity contribution in [3.63, 3.8) is 0 Å². The Kier molecular flexibility index (Phi) is 5.80. The van der Waals surface area contributed by atoms with Crippen molar-refractivity contribution in [1.29, 1.82) is 0 Å². The van der Waals surface area contributed by atoms with Crippen molar-refractivity contribution in [2.75, 3.05) is 32.7 Å². The minimum absolute atomic E-state index is 0.0979. The zero-order chi connectivity index (χ0) is 18.9. The number of amides is 1. The third-order valence-electron chi connectivity index (χ3n) is 4.85. The van der Waals surface area contributed by atoms with Gasteiger partial charge < -0.3 is 19.6 Å². The number of ether oxygens (including phenoxy) is 1. The van der Waals surface area contributed by atoms with Crippen LogP contribution in [0.15, 0.2) is 18.2 Å². The fourth-order valence-electron chi connectivity index (χ4n) is 3.57. The molecule has 0 radical (unpaired) electrons. The van der Waals surface area contributed by atoms with E-state index in [1.165, 1.54) is 0 Å². The van der Waals surface area contributed by atoms with Crippen molar-refractivity contribution in [2.45, 2.75) is 45.8 Å². The predicted octanol–water partition coefficient (Wildman–Crippen LogP) is 3.05. The largest absolute Gasteiger partial charge is 0.489 e. The summed E-state index contributed by atoms with van der Waals surface area (Å²) in [5.74, 6) is 0.542. The van der Waals surface area contributed by atoms with Gasteiger partial charge in [-0.2, -0.15) is 0 Å². The van der Waals surface area contributed by atoms with Crippen LogP contribution in [-0.4, -0.2) is 65.7 Å². The van der Waals surface area contributed by atoms with Gasteiger partial charge in [0.15, 0.2) is 0 Å². The van der Waals surface area contributed by atoms with E-state index in [0.29, 0.717) is 34.8 Å². The summed E-state index contributed by atoms with van der Waals surface area (Å²) in [5, 5.41) is 9.80. The number of likely N-dealkylation sites (tertiary alicyclic amines) is 2. The van der Waals surface area contributed by atoms with Crippen LogP contribution in [0.1, 0.15) is 44.0 Å². The molecule has 2 aliphatic heterocycles. The van der Waals surface area contributed by atoms with Gasteiger partial charge in [-0.15, -0.1) is 0 Å². The summed E-state index contributed by atoms with van der Waals surface area (Å²) in [6.07, 6.45) is 1.73. The Balaban J connectivity index is 1.53. The molecule has 0 atom stereocenters. The Morgan fingerprint density at radius 3 is 2.46 bits per heavy atom. The lowest BCUT2D eigenvalue weighted by molar-refractivity contribution is 0.00589. The fraction of sp³-hybridized carbons (Fsp3) is 0.650. The molecule has 0 aromatic heterocycles. The number of rotatable bonds is 4. The predicted molar refractivity (Wildman–Crippen MR) is 103 cm³/mol. The molecule has 1 aromatic carbocycles. The van der Waals surface area contributed by atoms with Crippen LogP contribution in [0, 0.1) is 5.41 Å². The Labute approximate surface area is 160 Å². The van der Waals surface area contributed by atoms with E-state index >= 15 is 0 Å². The van der Waals surface area contributed by atoms with Gasteiger partial charge >= 0.3 is 0 Å². The Morgan fingerprint density at radius 2 is 1.92 bits per heavy atom. The second-order valence-electron chi connectivity index (χ2n) is 8.66. The summed E-state index contributed by atoms with van der Waals surface area (Å²) in [6.45, 7) is 10.7. The Hall–Kier alpha value is -1.30. The summed E-state index contributed by atoms with van der Waals surface area (Å²) in [5.41, 5.74) is 0.848. The van der Waals surface area contributed by atoms with E-state index in [4.69, 9.17) is 16.3 Å². The molecule has 0 aliphatic carbocycles. The first-order chi connectivity index (χ1) is 12.2. The van der Waals surface area contributed by atoms with Gasteiger partial charge in [-0.1, -0.05) is 32.4 Å². The molecule has 2 fully saturated rings. The number of nitrogens with zero attached hydrogens (tertiary/aromatic N) is 2. The topological polar surface area (TPSA) is 53.0 Å². The molecule has 1 amide bonds. The van der Waals surface area contributed by atoms with Gasteiger partial charge in [-0.25, -0.2) is 0 Å². The monoisotopic (exact) mass is 380 g/mol. The number of aliphatic hydroxyl groups is 1. The number of piperidine rings is 1. The maximum atomic E-state index is 12.3. The van der Waals surface area contributed by atoms with Crippen LogP contribution < -0.4 is 4.74 Å². The molecule has 26 heavy (non-hydrogen) atoms. The average Bonchev–Trinajstić information content (AvgIpc) is 2.53. The average molecular weight is 381 g/mol. The van der Waals surface area contributed by atoms with Crippen molar-refractivity contribution in [3.8, 4) is 5.75 Å². The van der Waals surface area contributed by atoms with E-state index in [1.54, 1.807) is 23.1 Å². The summed E-state index contributed by atoms with van der Waals surface area (Å²) >= 11 is 6.35. The summed E-state index contributed by atoms with van der Waals surface area (Å²) in [4.78, 5) is 16.4. The number of carbonyl (C=O) groups excluding carboxylic acids is 1. The van der Waals surface area contributed by atoms with Crippen LogP contribution in [0.2, 0.25) is 5.02 Å². The number of benzene rings is 1. The van der Waals surface area contributed by atoms with E-state index in [0.717, 1.165) is 32.5 Å². The van der Waals surface area contributed by atoms with Gasteiger partial charge in [0, 0.05) is 38.3 Å². The van der Waals surface area contributed by atoms with E-state index in [9.17, 15) is 9.90 Å². The molecule has 0 bridgehead atoms. The second kappa shape index (κ2) is 7.75. The van der Waals surface area contributed by atoms with Gasteiger partial charge in [0.05, 0.1) is 11.1 Å². The van der Waals surface area contributed by atoms with Crippen molar-refractivity contribution >= 4 is 17.5 Å². The number of hydrogen-bond acceptors (Lipinski definition) is 4. The van der Waals surface area contributed by atoms with Crippen molar-refractivity contribution in [1.82, 2.24) is 9.80 Å². The molecule has 0 saturated carbocycles. The van der Waals surface area contributed by atoms with E-state index in [-0.39, 0.29) is 12.0 Å². The third-order valence-corrected chi connectivity index (χ3v) is 5.15. The lowest BCUT2D eigenvalue weighted by atomic mass is 9.94. The summed E-state index contributed by atoms with van der Waals surface area (Å²) in [7, 11) is 0. The number of carbonyl (C=O) groups is 1. The van der Waals surface area contributed by atoms with Gasteiger partial charge in [0.1, 0.15) is 11.9 Å². The Morgan fingerprint density at radius 1 is 1.27 bits per heavy atom. The highest BCUT2D eigenvalue weighted by Gasteiger charge is 2.30. The molecule has 1 aromatic rings. The molecular weight excluding hydrogens is 352 g/mol. The molecule has 144 valence electrons.